The first-order valence-electron chi connectivity index (χ1n) is 12.8. The molecule has 4 atom stereocenters. The van der Waals surface area contributed by atoms with Gasteiger partial charge in [0.25, 0.3) is 0 Å². The molecule has 30 heavy (non-hydrogen) atoms. The van der Waals surface area contributed by atoms with E-state index in [2.05, 4.69) is 6.08 Å². The first-order chi connectivity index (χ1) is 14.4. The van der Waals surface area contributed by atoms with Gasteiger partial charge in [-0.25, -0.2) is 0 Å². The lowest BCUT2D eigenvalue weighted by Crippen LogP contribution is -2.34. The average molecular weight is 420 g/mol. The van der Waals surface area contributed by atoms with E-state index in [4.69, 9.17) is 0 Å². The van der Waals surface area contributed by atoms with E-state index >= 15 is 0 Å². The first-order valence-corrected chi connectivity index (χ1v) is 12.8. The predicted molar refractivity (Wildman–Crippen MR) is 127 cm³/mol. The summed E-state index contributed by atoms with van der Waals surface area (Å²) in [4.78, 5) is 0. The van der Waals surface area contributed by atoms with Crippen LogP contribution in [0.15, 0.2) is 11.6 Å². The van der Waals surface area contributed by atoms with Crippen LogP contribution in [0.5, 0.6) is 0 Å². The van der Waals surface area contributed by atoms with Crippen LogP contribution in [0, 0.1) is 11.3 Å². The summed E-state index contributed by atoms with van der Waals surface area (Å²) in [5.74, 6) is 0.353. The van der Waals surface area contributed by atoms with Gasteiger partial charge in [0.05, 0.1) is 0 Å². The van der Waals surface area contributed by atoms with E-state index in [0.717, 1.165) is 17.9 Å². The molecule has 172 valence electrons. The molecule has 2 fully saturated rings. The second-order valence-electron chi connectivity index (χ2n) is 10.3. The molecule has 0 bridgehead atoms. The molecule has 2 aliphatic rings. The lowest BCUT2D eigenvalue weighted by atomic mass is 9.60. The minimum Gasteiger partial charge on any atom is -0.427 e. The third kappa shape index (κ3) is 7.69. The van der Waals surface area contributed by atoms with Crippen molar-refractivity contribution in [2.75, 3.05) is 0 Å². The van der Waals surface area contributed by atoms with Crippen molar-refractivity contribution >= 4 is 14.2 Å². The van der Waals surface area contributed by atoms with Crippen LogP contribution in [0.25, 0.3) is 0 Å². The molecule has 0 aliphatic heterocycles. The summed E-state index contributed by atoms with van der Waals surface area (Å²) < 4.78 is 0. The summed E-state index contributed by atoms with van der Waals surface area (Å²) in [6.07, 6.45) is 21.6. The molecule has 2 saturated carbocycles. The van der Waals surface area contributed by atoms with Crippen molar-refractivity contribution in [3.05, 3.63) is 11.6 Å². The largest absolute Gasteiger partial charge is 0.459 e. The lowest BCUT2D eigenvalue weighted by Gasteiger charge is -2.45. The molecule has 0 aromatic rings. The van der Waals surface area contributed by atoms with Crippen molar-refractivity contribution < 1.29 is 20.1 Å². The Kier molecular flexibility index (Phi) is 11.5. The van der Waals surface area contributed by atoms with Gasteiger partial charge in [-0.05, 0) is 69.0 Å². The zero-order valence-electron chi connectivity index (χ0n) is 19.6. The topological polar surface area (TPSA) is 80.9 Å². The maximum atomic E-state index is 9.93. The second-order valence-corrected chi connectivity index (χ2v) is 10.3. The Morgan fingerprint density at radius 3 is 2.13 bits per heavy atom. The molecule has 6 heteroatoms. The highest BCUT2D eigenvalue weighted by molar-refractivity contribution is 6.44. The average Bonchev–Trinajstić information content (AvgIpc) is 2.81. The molecule has 0 radical (unpaired) electrons. The molecule has 4 nitrogen and oxygen atoms in total. The van der Waals surface area contributed by atoms with Gasteiger partial charge in [0.2, 0.25) is 0 Å². The monoisotopic (exact) mass is 420 g/mol. The van der Waals surface area contributed by atoms with Crippen molar-refractivity contribution in [3.63, 3.8) is 0 Å². The quantitative estimate of drug-likeness (QED) is 0.278. The zero-order chi connectivity index (χ0) is 22.0. The van der Waals surface area contributed by atoms with E-state index in [1.54, 1.807) is 0 Å². The van der Waals surface area contributed by atoms with Gasteiger partial charge >= 0.3 is 14.2 Å². The third-order valence-electron chi connectivity index (χ3n) is 8.42. The SMILES string of the molecule is CCC(CCC(B(O)O)/C(C)=C\CCC12CCCCCCCC1CCCC2)B(O)O. The van der Waals surface area contributed by atoms with Gasteiger partial charge in [0.1, 0.15) is 0 Å². The minimum absolute atomic E-state index is 0.209. The first kappa shape index (κ1) is 26.0. The van der Waals surface area contributed by atoms with Crippen LogP contribution < -0.4 is 0 Å². The van der Waals surface area contributed by atoms with Crippen LogP contribution in [0.2, 0.25) is 11.6 Å². The Hall–Kier alpha value is -0.290. The van der Waals surface area contributed by atoms with Crippen molar-refractivity contribution in [2.24, 2.45) is 11.3 Å². The second kappa shape index (κ2) is 13.3. The highest BCUT2D eigenvalue weighted by Crippen LogP contribution is 2.51. The fourth-order valence-corrected chi connectivity index (χ4v) is 6.32. The van der Waals surface area contributed by atoms with Gasteiger partial charge in [-0.2, -0.15) is 0 Å². The molecule has 0 aromatic heterocycles. The predicted octanol–water partition coefficient (Wildman–Crippen LogP) is 5.51. The summed E-state index contributed by atoms with van der Waals surface area (Å²) in [7, 11) is -2.72. The van der Waals surface area contributed by atoms with E-state index in [1.807, 2.05) is 13.8 Å². The number of hydrogen-bond donors (Lipinski definition) is 4. The van der Waals surface area contributed by atoms with Gasteiger partial charge in [0, 0.05) is 5.82 Å². The summed E-state index contributed by atoms with van der Waals surface area (Å²) >= 11 is 0. The Labute approximate surface area is 185 Å². The van der Waals surface area contributed by atoms with E-state index in [9.17, 15) is 20.1 Å². The van der Waals surface area contributed by atoms with Crippen molar-refractivity contribution in [2.45, 2.75) is 128 Å². The van der Waals surface area contributed by atoms with Crippen LogP contribution in [0.1, 0.15) is 117 Å². The Morgan fingerprint density at radius 1 is 0.900 bits per heavy atom. The Balaban J connectivity index is 1.99. The van der Waals surface area contributed by atoms with Gasteiger partial charge in [-0.1, -0.05) is 76.4 Å². The van der Waals surface area contributed by atoms with Gasteiger partial charge < -0.3 is 20.1 Å². The Bertz CT molecular complexity index is 511. The van der Waals surface area contributed by atoms with Crippen molar-refractivity contribution in [1.82, 2.24) is 0 Å². The van der Waals surface area contributed by atoms with E-state index in [-0.39, 0.29) is 11.6 Å². The van der Waals surface area contributed by atoms with Crippen LogP contribution in [-0.2, 0) is 0 Å². The lowest BCUT2D eigenvalue weighted by molar-refractivity contribution is 0.0642. The number of hydrogen-bond acceptors (Lipinski definition) is 4. The summed E-state index contributed by atoms with van der Waals surface area (Å²) in [6.45, 7) is 3.95. The summed E-state index contributed by atoms with van der Waals surface area (Å²) in [6, 6.07) is 0. The molecule has 2 rings (SSSR count). The smallest absolute Gasteiger partial charge is 0.427 e. The number of allylic oxidation sites excluding steroid dienone is 2. The van der Waals surface area contributed by atoms with Crippen molar-refractivity contribution in [1.29, 1.82) is 0 Å². The van der Waals surface area contributed by atoms with Gasteiger partial charge in [-0.15, -0.1) is 0 Å². The zero-order valence-corrected chi connectivity index (χ0v) is 19.6. The fourth-order valence-electron chi connectivity index (χ4n) is 6.32. The molecule has 0 heterocycles. The van der Waals surface area contributed by atoms with E-state index in [1.165, 1.54) is 77.0 Å². The molecule has 4 N–H and O–H groups in total. The summed E-state index contributed by atoms with van der Waals surface area (Å²) in [5, 5.41) is 38.8. The third-order valence-corrected chi connectivity index (χ3v) is 8.42. The minimum atomic E-state index is -1.39. The molecule has 0 saturated heterocycles. The highest BCUT2D eigenvalue weighted by Gasteiger charge is 2.39. The van der Waals surface area contributed by atoms with Gasteiger partial charge in [0.15, 0.2) is 0 Å². The van der Waals surface area contributed by atoms with Crippen LogP contribution in [0.4, 0.5) is 0 Å². The standard InChI is InChI=1S/C24H46B2O4/c1-3-22(25(27)28)15-16-23(26(29)30)20(2)12-11-19-24-17-9-6-4-5-7-13-21(24)14-8-10-18-24/h12,21-23,27-30H,3-11,13-19H2,1-2H3/b20-12-. The molecular formula is C24H46B2O4. The van der Waals surface area contributed by atoms with E-state index < -0.39 is 14.2 Å². The molecule has 0 aromatic carbocycles. The van der Waals surface area contributed by atoms with Gasteiger partial charge in [-0.3, -0.25) is 0 Å². The molecule has 4 unspecified atom stereocenters. The highest BCUT2D eigenvalue weighted by atomic mass is 16.4. The molecule has 0 amide bonds. The Morgan fingerprint density at radius 2 is 1.50 bits per heavy atom. The number of fused-ring (bicyclic) bond motifs is 1. The molecule has 0 spiro atoms. The van der Waals surface area contributed by atoms with Crippen LogP contribution in [0.3, 0.4) is 0 Å². The van der Waals surface area contributed by atoms with E-state index in [0.29, 0.717) is 24.7 Å². The maximum Gasteiger partial charge on any atom is 0.459 e. The summed E-state index contributed by atoms with van der Waals surface area (Å²) in [5.41, 5.74) is 1.54. The van der Waals surface area contributed by atoms with Crippen LogP contribution in [-0.4, -0.2) is 34.3 Å². The molecule has 2 aliphatic carbocycles. The van der Waals surface area contributed by atoms with Crippen LogP contribution >= 0.6 is 0 Å². The number of rotatable bonds is 10. The fraction of sp³-hybridized carbons (Fsp3) is 0.917. The molecular weight excluding hydrogens is 374 g/mol. The maximum absolute atomic E-state index is 9.93. The van der Waals surface area contributed by atoms with Crippen molar-refractivity contribution in [3.8, 4) is 0 Å². The normalized spacial score (nSPS) is 27.9.